The molecule has 1 fully saturated rings. The third-order valence-corrected chi connectivity index (χ3v) is 4.13. The quantitative estimate of drug-likeness (QED) is 0.745. The number of likely N-dealkylation sites (N-methyl/N-ethyl adjacent to an activating group) is 1. The lowest BCUT2D eigenvalue weighted by molar-refractivity contribution is -0.148. The van der Waals surface area contributed by atoms with Gasteiger partial charge in [-0.3, -0.25) is 9.69 Å². The molecule has 144 valence electrons. The van der Waals surface area contributed by atoms with Crippen molar-refractivity contribution >= 4 is 18.0 Å². The lowest BCUT2D eigenvalue weighted by Gasteiger charge is -2.32. The minimum Gasteiger partial charge on any atom is -0.467 e. The molecule has 0 aromatic heterocycles. The molecular weight excluding hydrogens is 328 g/mol. The second-order valence-electron chi connectivity index (χ2n) is 7.23. The number of rotatable bonds is 5. The molecule has 0 unspecified atom stereocenters. The number of hydrogen-bond donors (Lipinski definition) is 1. The normalized spacial score (nSPS) is 18.0. The second kappa shape index (κ2) is 9.03. The molecule has 0 aromatic rings. The summed E-state index contributed by atoms with van der Waals surface area (Å²) in [6, 6.07) is -1.54. The standard InChI is InChI=1S/C17H30N2O6/c1-11(19(5)16(22)25-17(2,3)4)14(20)18-13(15(21)23-6)12-7-9-24-10-8-12/h11-13H,7-10H2,1-6H3,(H,18,20)/t11-,13-/m0/s1. The number of methoxy groups -OCH3 is 1. The molecule has 1 aliphatic rings. The van der Waals surface area contributed by atoms with Crippen molar-refractivity contribution in [2.75, 3.05) is 27.4 Å². The lowest BCUT2D eigenvalue weighted by atomic mass is 9.91. The topological polar surface area (TPSA) is 94.2 Å². The van der Waals surface area contributed by atoms with E-state index in [-0.39, 0.29) is 5.92 Å². The van der Waals surface area contributed by atoms with E-state index in [0.717, 1.165) is 0 Å². The number of carbonyl (C=O) groups is 3. The van der Waals surface area contributed by atoms with E-state index in [0.29, 0.717) is 26.1 Å². The van der Waals surface area contributed by atoms with Crippen molar-refractivity contribution in [3.8, 4) is 0 Å². The maximum Gasteiger partial charge on any atom is 0.410 e. The molecule has 0 radical (unpaired) electrons. The predicted molar refractivity (Wildman–Crippen MR) is 90.9 cm³/mol. The van der Waals surface area contributed by atoms with E-state index in [2.05, 4.69) is 5.32 Å². The van der Waals surface area contributed by atoms with Crippen LogP contribution in [0.25, 0.3) is 0 Å². The van der Waals surface area contributed by atoms with Gasteiger partial charge < -0.3 is 19.5 Å². The first kappa shape index (κ1) is 21.2. The van der Waals surface area contributed by atoms with E-state index in [4.69, 9.17) is 14.2 Å². The monoisotopic (exact) mass is 358 g/mol. The van der Waals surface area contributed by atoms with Crippen LogP contribution in [0.2, 0.25) is 0 Å². The molecule has 8 heteroatoms. The van der Waals surface area contributed by atoms with Gasteiger partial charge in [0.2, 0.25) is 5.91 Å². The fourth-order valence-corrected chi connectivity index (χ4v) is 2.49. The maximum atomic E-state index is 12.5. The highest BCUT2D eigenvalue weighted by Gasteiger charge is 2.35. The van der Waals surface area contributed by atoms with Gasteiger partial charge in [-0.25, -0.2) is 9.59 Å². The number of nitrogens with one attached hydrogen (secondary N) is 1. The van der Waals surface area contributed by atoms with Gasteiger partial charge in [0.1, 0.15) is 17.7 Å². The van der Waals surface area contributed by atoms with E-state index in [1.807, 2.05) is 0 Å². The van der Waals surface area contributed by atoms with Crippen molar-refractivity contribution in [1.82, 2.24) is 10.2 Å². The molecule has 0 saturated carbocycles. The second-order valence-corrected chi connectivity index (χ2v) is 7.23. The SMILES string of the molecule is COC(=O)[C@@H](NC(=O)[C@H](C)N(C)C(=O)OC(C)(C)C)C1CCOCC1. The smallest absolute Gasteiger partial charge is 0.410 e. The molecular formula is C17H30N2O6. The average Bonchev–Trinajstić information content (AvgIpc) is 2.56. The number of ether oxygens (including phenoxy) is 3. The summed E-state index contributed by atoms with van der Waals surface area (Å²) in [5.41, 5.74) is -0.655. The van der Waals surface area contributed by atoms with E-state index >= 15 is 0 Å². The van der Waals surface area contributed by atoms with Crippen LogP contribution in [0.3, 0.4) is 0 Å². The zero-order valence-corrected chi connectivity index (χ0v) is 16.0. The Morgan fingerprint density at radius 1 is 1.20 bits per heavy atom. The fourth-order valence-electron chi connectivity index (χ4n) is 2.49. The Bertz CT molecular complexity index is 482. The summed E-state index contributed by atoms with van der Waals surface area (Å²) in [5, 5.41) is 2.72. The highest BCUT2D eigenvalue weighted by Crippen LogP contribution is 2.20. The van der Waals surface area contributed by atoms with Crippen LogP contribution in [-0.2, 0) is 23.8 Å². The first-order valence-corrected chi connectivity index (χ1v) is 8.48. The number of nitrogens with zero attached hydrogens (tertiary/aromatic N) is 1. The highest BCUT2D eigenvalue weighted by atomic mass is 16.6. The van der Waals surface area contributed by atoms with Gasteiger partial charge in [0.15, 0.2) is 0 Å². The Hall–Kier alpha value is -1.83. The minimum atomic E-state index is -0.790. The van der Waals surface area contributed by atoms with Gasteiger partial charge in [-0.2, -0.15) is 0 Å². The zero-order valence-electron chi connectivity index (χ0n) is 16.0. The highest BCUT2D eigenvalue weighted by molar-refractivity contribution is 5.89. The fraction of sp³-hybridized carbons (Fsp3) is 0.824. The van der Waals surface area contributed by atoms with Crippen molar-refractivity contribution in [2.45, 2.75) is 58.2 Å². The van der Waals surface area contributed by atoms with Crippen LogP contribution in [0.4, 0.5) is 4.79 Å². The van der Waals surface area contributed by atoms with Gasteiger partial charge in [-0.1, -0.05) is 0 Å². The summed E-state index contributed by atoms with van der Waals surface area (Å²) in [4.78, 5) is 37.9. The molecule has 1 rings (SSSR count). The van der Waals surface area contributed by atoms with Crippen LogP contribution >= 0.6 is 0 Å². The van der Waals surface area contributed by atoms with E-state index in [1.54, 1.807) is 27.7 Å². The third-order valence-electron chi connectivity index (χ3n) is 4.13. The third kappa shape index (κ3) is 6.53. The molecule has 8 nitrogen and oxygen atoms in total. The molecule has 0 aromatic carbocycles. The minimum absolute atomic E-state index is 0.0517. The molecule has 2 amide bonds. The Kier molecular flexibility index (Phi) is 7.66. The van der Waals surface area contributed by atoms with Gasteiger partial charge in [0.05, 0.1) is 7.11 Å². The lowest BCUT2D eigenvalue weighted by Crippen LogP contribution is -2.54. The molecule has 1 aliphatic heterocycles. The van der Waals surface area contributed by atoms with Gasteiger partial charge in [-0.05, 0) is 46.5 Å². The summed E-state index contributed by atoms with van der Waals surface area (Å²) < 4.78 is 15.4. The van der Waals surface area contributed by atoms with E-state index in [9.17, 15) is 14.4 Å². The Morgan fingerprint density at radius 2 is 1.76 bits per heavy atom. The first-order valence-electron chi connectivity index (χ1n) is 8.48. The van der Waals surface area contributed by atoms with Crippen molar-refractivity contribution in [3.05, 3.63) is 0 Å². The molecule has 2 atom stereocenters. The van der Waals surface area contributed by atoms with Gasteiger partial charge in [0.25, 0.3) is 0 Å². The Labute approximate surface area is 149 Å². The summed E-state index contributed by atoms with van der Waals surface area (Å²) in [6.07, 6.45) is 0.725. The van der Waals surface area contributed by atoms with Crippen molar-refractivity contribution in [2.24, 2.45) is 5.92 Å². The van der Waals surface area contributed by atoms with Crippen LogP contribution in [0.5, 0.6) is 0 Å². The van der Waals surface area contributed by atoms with E-state index < -0.39 is 35.7 Å². The molecule has 0 aliphatic carbocycles. The number of hydrogen-bond acceptors (Lipinski definition) is 6. The average molecular weight is 358 g/mol. The number of esters is 1. The summed E-state index contributed by atoms with van der Waals surface area (Å²) in [7, 11) is 2.77. The summed E-state index contributed by atoms with van der Waals surface area (Å²) >= 11 is 0. The molecule has 1 N–H and O–H groups in total. The Morgan fingerprint density at radius 3 is 2.24 bits per heavy atom. The largest absolute Gasteiger partial charge is 0.467 e. The molecule has 1 heterocycles. The molecule has 0 bridgehead atoms. The molecule has 25 heavy (non-hydrogen) atoms. The number of amides is 2. The van der Waals surface area contributed by atoms with E-state index in [1.165, 1.54) is 19.1 Å². The zero-order chi connectivity index (χ0) is 19.2. The van der Waals surface area contributed by atoms with Crippen LogP contribution in [-0.4, -0.2) is 67.9 Å². The van der Waals surface area contributed by atoms with Crippen LogP contribution in [0.15, 0.2) is 0 Å². The number of carbonyl (C=O) groups excluding carboxylic acids is 3. The predicted octanol–water partition coefficient (Wildman–Crippen LogP) is 1.33. The Balaban J connectivity index is 2.74. The molecule has 0 spiro atoms. The van der Waals surface area contributed by atoms with Crippen molar-refractivity contribution < 1.29 is 28.6 Å². The summed E-state index contributed by atoms with van der Waals surface area (Å²) in [5.74, 6) is -0.980. The van der Waals surface area contributed by atoms with Gasteiger partial charge in [-0.15, -0.1) is 0 Å². The van der Waals surface area contributed by atoms with Crippen LogP contribution in [0.1, 0.15) is 40.5 Å². The van der Waals surface area contributed by atoms with Gasteiger partial charge >= 0.3 is 12.1 Å². The first-order chi connectivity index (χ1) is 11.6. The van der Waals surface area contributed by atoms with Crippen molar-refractivity contribution in [1.29, 1.82) is 0 Å². The van der Waals surface area contributed by atoms with Gasteiger partial charge in [0, 0.05) is 20.3 Å². The van der Waals surface area contributed by atoms with Crippen molar-refractivity contribution in [3.63, 3.8) is 0 Å². The van der Waals surface area contributed by atoms with Crippen LogP contribution in [0, 0.1) is 5.92 Å². The van der Waals surface area contributed by atoms with Crippen LogP contribution < -0.4 is 5.32 Å². The summed E-state index contributed by atoms with van der Waals surface area (Å²) in [6.45, 7) is 7.92. The maximum absolute atomic E-state index is 12.5. The molecule has 1 saturated heterocycles.